The van der Waals surface area contributed by atoms with Crippen molar-refractivity contribution in [3.63, 3.8) is 0 Å². The molecule has 0 spiro atoms. The number of aliphatic hydroxyl groups excluding tert-OH is 1. The molecule has 1 heterocycles. The maximum Gasteiger partial charge on any atom is 0.126 e. The highest BCUT2D eigenvalue weighted by atomic mass is 32.1. The molecule has 0 aliphatic rings. The average Bonchev–Trinajstić information content (AvgIpc) is 2.92. The fourth-order valence-electron chi connectivity index (χ4n) is 2.10. The molecule has 2 nitrogen and oxygen atoms in total. The van der Waals surface area contributed by atoms with E-state index in [4.69, 9.17) is 0 Å². The van der Waals surface area contributed by atoms with Crippen molar-refractivity contribution in [1.29, 1.82) is 0 Å². The van der Waals surface area contributed by atoms with Gasteiger partial charge in [0.1, 0.15) is 5.82 Å². The number of thiophene rings is 1. The minimum absolute atomic E-state index is 0.256. The van der Waals surface area contributed by atoms with Crippen LogP contribution in [0.3, 0.4) is 0 Å². The largest absolute Gasteiger partial charge is 0.388 e. The zero-order chi connectivity index (χ0) is 14.5. The van der Waals surface area contributed by atoms with Gasteiger partial charge in [0.15, 0.2) is 0 Å². The normalized spacial score (nSPS) is 12.8. The summed E-state index contributed by atoms with van der Waals surface area (Å²) in [6.07, 6.45) is -0.0154. The van der Waals surface area contributed by atoms with Gasteiger partial charge in [0.05, 0.1) is 6.10 Å². The van der Waals surface area contributed by atoms with Crippen molar-refractivity contribution < 1.29 is 9.50 Å². The number of hydrogen-bond acceptors (Lipinski definition) is 3. The average molecular weight is 293 g/mol. The van der Waals surface area contributed by atoms with Crippen molar-refractivity contribution in [3.8, 4) is 0 Å². The molecule has 2 aromatic rings. The van der Waals surface area contributed by atoms with Crippen LogP contribution >= 0.6 is 11.3 Å². The number of halogens is 1. The molecule has 0 amide bonds. The van der Waals surface area contributed by atoms with Gasteiger partial charge in [-0.3, -0.25) is 0 Å². The molecule has 108 valence electrons. The molecule has 0 fully saturated rings. The molecular formula is C16H20FNOS. The minimum atomic E-state index is -0.616. The van der Waals surface area contributed by atoms with Crippen LogP contribution in [0.5, 0.6) is 0 Å². The van der Waals surface area contributed by atoms with E-state index in [2.05, 4.69) is 21.7 Å². The van der Waals surface area contributed by atoms with E-state index >= 15 is 0 Å². The Morgan fingerprint density at radius 3 is 2.80 bits per heavy atom. The molecule has 2 rings (SSSR count). The Labute approximate surface area is 123 Å². The second-order valence-electron chi connectivity index (χ2n) is 5.18. The number of rotatable bonds is 6. The van der Waals surface area contributed by atoms with E-state index in [1.807, 2.05) is 7.05 Å². The molecule has 0 saturated carbocycles. The number of aliphatic hydroxyl groups is 1. The van der Waals surface area contributed by atoms with E-state index in [1.165, 1.54) is 11.6 Å². The molecular weight excluding hydrogens is 273 g/mol. The van der Waals surface area contributed by atoms with E-state index in [9.17, 15) is 9.50 Å². The van der Waals surface area contributed by atoms with E-state index < -0.39 is 6.10 Å². The van der Waals surface area contributed by atoms with Gasteiger partial charge in [0.2, 0.25) is 0 Å². The number of benzene rings is 1. The fraction of sp³-hybridized carbons (Fsp3) is 0.375. The molecule has 1 aromatic heterocycles. The smallest absolute Gasteiger partial charge is 0.126 e. The van der Waals surface area contributed by atoms with Crippen LogP contribution in [0.25, 0.3) is 0 Å². The van der Waals surface area contributed by atoms with Crippen molar-refractivity contribution in [1.82, 2.24) is 4.90 Å². The summed E-state index contributed by atoms with van der Waals surface area (Å²) in [5.41, 5.74) is 2.54. The third-order valence-electron chi connectivity index (χ3n) is 3.40. The van der Waals surface area contributed by atoms with Crippen molar-refractivity contribution >= 4 is 11.3 Å². The van der Waals surface area contributed by atoms with Crippen LogP contribution in [0.1, 0.15) is 29.2 Å². The Balaban J connectivity index is 1.85. The molecule has 0 saturated heterocycles. The van der Waals surface area contributed by atoms with Crippen LogP contribution in [-0.4, -0.2) is 23.6 Å². The molecule has 4 heteroatoms. The van der Waals surface area contributed by atoms with Crippen molar-refractivity contribution in [2.45, 2.75) is 26.0 Å². The van der Waals surface area contributed by atoms with Gasteiger partial charge in [0.25, 0.3) is 0 Å². The lowest BCUT2D eigenvalue weighted by molar-refractivity contribution is 0.147. The standard InChI is InChI=1S/C16H20FNOS/c1-12-3-4-14(9-15(12)17)16(19)5-7-18(2)10-13-6-8-20-11-13/h3-4,6,8-9,11,16,19H,5,7,10H2,1-2H3. The minimum Gasteiger partial charge on any atom is -0.388 e. The highest BCUT2D eigenvalue weighted by Gasteiger charge is 2.11. The van der Waals surface area contributed by atoms with Gasteiger partial charge in [-0.25, -0.2) is 4.39 Å². The molecule has 1 aromatic carbocycles. The maximum atomic E-state index is 13.5. The summed E-state index contributed by atoms with van der Waals surface area (Å²) in [5, 5.41) is 14.3. The van der Waals surface area contributed by atoms with Crippen molar-refractivity contribution in [2.24, 2.45) is 0 Å². The van der Waals surface area contributed by atoms with E-state index in [1.54, 1.807) is 30.4 Å². The molecule has 0 radical (unpaired) electrons. The van der Waals surface area contributed by atoms with Gasteiger partial charge in [-0.05, 0) is 60.0 Å². The molecule has 20 heavy (non-hydrogen) atoms. The summed E-state index contributed by atoms with van der Waals surface area (Å²) in [5.74, 6) is -0.256. The van der Waals surface area contributed by atoms with Crippen LogP contribution in [0.15, 0.2) is 35.0 Å². The summed E-state index contributed by atoms with van der Waals surface area (Å²) < 4.78 is 13.5. The predicted octanol–water partition coefficient (Wildman–Crippen LogP) is 3.75. The monoisotopic (exact) mass is 293 g/mol. The fourth-order valence-corrected chi connectivity index (χ4v) is 2.76. The van der Waals surface area contributed by atoms with Crippen LogP contribution in [0.4, 0.5) is 4.39 Å². The second kappa shape index (κ2) is 6.97. The van der Waals surface area contributed by atoms with Crippen molar-refractivity contribution in [2.75, 3.05) is 13.6 Å². The Morgan fingerprint density at radius 1 is 1.35 bits per heavy atom. The summed E-state index contributed by atoms with van der Waals surface area (Å²) >= 11 is 1.69. The Kier molecular flexibility index (Phi) is 5.29. The number of nitrogens with zero attached hydrogens (tertiary/aromatic N) is 1. The van der Waals surface area contributed by atoms with Crippen LogP contribution in [0.2, 0.25) is 0 Å². The van der Waals surface area contributed by atoms with Crippen molar-refractivity contribution in [3.05, 3.63) is 57.5 Å². The van der Waals surface area contributed by atoms with E-state index in [0.29, 0.717) is 17.5 Å². The van der Waals surface area contributed by atoms with E-state index in [-0.39, 0.29) is 5.82 Å². The predicted molar refractivity (Wildman–Crippen MR) is 81.4 cm³/mol. The first-order chi connectivity index (χ1) is 9.56. The number of aryl methyl sites for hydroxylation is 1. The first-order valence-electron chi connectivity index (χ1n) is 6.70. The zero-order valence-corrected chi connectivity index (χ0v) is 12.7. The maximum absolute atomic E-state index is 13.5. The van der Waals surface area contributed by atoms with Crippen LogP contribution in [-0.2, 0) is 6.54 Å². The second-order valence-corrected chi connectivity index (χ2v) is 5.96. The third-order valence-corrected chi connectivity index (χ3v) is 4.13. The Hall–Kier alpha value is -1.23. The first-order valence-corrected chi connectivity index (χ1v) is 7.64. The lowest BCUT2D eigenvalue weighted by Gasteiger charge is -2.18. The van der Waals surface area contributed by atoms with Gasteiger partial charge < -0.3 is 10.0 Å². The highest BCUT2D eigenvalue weighted by Crippen LogP contribution is 2.20. The van der Waals surface area contributed by atoms with Gasteiger partial charge in [-0.1, -0.05) is 12.1 Å². The van der Waals surface area contributed by atoms with Gasteiger partial charge in [-0.15, -0.1) is 0 Å². The van der Waals surface area contributed by atoms with E-state index in [0.717, 1.165) is 13.1 Å². The summed E-state index contributed by atoms with van der Waals surface area (Å²) in [6, 6.07) is 7.04. The molecule has 1 unspecified atom stereocenters. The number of hydrogen-bond donors (Lipinski definition) is 1. The first kappa shape index (κ1) is 15.2. The van der Waals surface area contributed by atoms with Gasteiger partial charge >= 0.3 is 0 Å². The zero-order valence-electron chi connectivity index (χ0n) is 11.8. The Bertz CT molecular complexity index is 541. The van der Waals surface area contributed by atoms with Gasteiger partial charge in [0, 0.05) is 13.1 Å². The summed E-state index contributed by atoms with van der Waals surface area (Å²) in [7, 11) is 2.03. The topological polar surface area (TPSA) is 23.5 Å². The molecule has 1 N–H and O–H groups in total. The highest BCUT2D eigenvalue weighted by molar-refractivity contribution is 7.07. The lowest BCUT2D eigenvalue weighted by atomic mass is 10.0. The summed E-state index contributed by atoms with van der Waals surface area (Å²) in [4.78, 5) is 2.16. The van der Waals surface area contributed by atoms with Crippen LogP contribution < -0.4 is 0 Å². The molecule has 0 aliphatic heterocycles. The SMILES string of the molecule is Cc1ccc(C(O)CCN(C)Cc2ccsc2)cc1F. The molecule has 1 atom stereocenters. The molecule has 0 bridgehead atoms. The third kappa shape index (κ3) is 4.13. The lowest BCUT2D eigenvalue weighted by Crippen LogP contribution is -2.20. The Morgan fingerprint density at radius 2 is 2.15 bits per heavy atom. The quantitative estimate of drug-likeness (QED) is 0.877. The summed E-state index contributed by atoms with van der Waals surface area (Å²) in [6.45, 7) is 3.37. The molecule has 0 aliphatic carbocycles. The van der Waals surface area contributed by atoms with Crippen LogP contribution in [0, 0.1) is 12.7 Å². The van der Waals surface area contributed by atoms with Gasteiger partial charge in [-0.2, -0.15) is 11.3 Å².